The van der Waals surface area contributed by atoms with Crippen molar-refractivity contribution >= 4 is 17.4 Å². The van der Waals surface area contributed by atoms with E-state index in [0.717, 1.165) is 5.69 Å². The Bertz CT molecular complexity index is 1310. The van der Waals surface area contributed by atoms with Gasteiger partial charge in [-0.1, -0.05) is 30.0 Å². The zero-order valence-electron chi connectivity index (χ0n) is 17.2. The van der Waals surface area contributed by atoms with Crippen LogP contribution in [0.4, 0.5) is 10.1 Å². The van der Waals surface area contributed by atoms with Crippen molar-refractivity contribution in [2.24, 2.45) is 0 Å². The summed E-state index contributed by atoms with van der Waals surface area (Å²) in [6.45, 7) is 0.348. The Morgan fingerprint density at radius 1 is 1.09 bits per heavy atom. The molecule has 8 nitrogen and oxygen atoms in total. The number of nitrogens with zero attached hydrogens (tertiary/aromatic N) is 4. The molecule has 5 rings (SSSR count). The van der Waals surface area contributed by atoms with Crippen LogP contribution in [-0.2, 0) is 17.1 Å². The summed E-state index contributed by atoms with van der Waals surface area (Å²) in [6, 6.07) is 18.6. The van der Waals surface area contributed by atoms with Crippen LogP contribution in [0.3, 0.4) is 0 Å². The van der Waals surface area contributed by atoms with Gasteiger partial charge in [0.25, 0.3) is 5.69 Å². The quantitative estimate of drug-likeness (QED) is 0.222. The molecular weight excluding hydrogens is 447 g/mol. The normalized spacial score (nSPS) is 12.8. The topological polar surface area (TPSA) is 92.3 Å². The van der Waals surface area contributed by atoms with Crippen LogP contribution in [0.15, 0.2) is 71.9 Å². The summed E-state index contributed by atoms with van der Waals surface area (Å²) in [5.41, 5.74) is 2.86. The molecule has 2 heterocycles. The van der Waals surface area contributed by atoms with Crippen LogP contribution in [0, 0.1) is 15.9 Å². The molecule has 0 saturated carbocycles. The average molecular weight is 464 g/mol. The van der Waals surface area contributed by atoms with Crippen LogP contribution in [0.2, 0.25) is 0 Å². The summed E-state index contributed by atoms with van der Waals surface area (Å²) in [5.74, 6) is 1.20. The maximum absolute atomic E-state index is 13.5. The van der Waals surface area contributed by atoms with E-state index in [1.54, 1.807) is 12.1 Å². The molecule has 0 bridgehead atoms. The highest BCUT2D eigenvalue weighted by molar-refractivity contribution is 7.98. The van der Waals surface area contributed by atoms with Gasteiger partial charge in [-0.25, -0.2) is 4.39 Å². The third-order valence-corrected chi connectivity index (χ3v) is 6.07. The largest absolute Gasteiger partial charge is 0.467 e. The van der Waals surface area contributed by atoms with Crippen LogP contribution in [0.5, 0.6) is 5.75 Å². The Balaban J connectivity index is 1.53. The van der Waals surface area contributed by atoms with Crippen LogP contribution >= 0.6 is 11.8 Å². The number of fused-ring (bicyclic) bond motifs is 1. The average Bonchev–Trinajstić information content (AvgIpc) is 3.27. The van der Waals surface area contributed by atoms with Crippen molar-refractivity contribution in [3.05, 3.63) is 93.8 Å². The van der Waals surface area contributed by atoms with Gasteiger partial charge in [-0.3, -0.25) is 14.7 Å². The number of thioether (sulfide) groups is 1. The molecule has 4 aromatic rings. The van der Waals surface area contributed by atoms with E-state index in [9.17, 15) is 14.5 Å². The van der Waals surface area contributed by atoms with E-state index in [2.05, 4.69) is 10.2 Å². The van der Waals surface area contributed by atoms with Crippen molar-refractivity contribution in [2.45, 2.75) is 17.5 Å². The predicted octanol–water partition coefficient (Wildman–Crippen LogP) is 5.14. The maximum atomic E-state index is 13.5. The first-order chi connectivity index (χ1) is 16.1. The number of non-ortho nitro benzene ring substituents is 1. The lowest BCUT2D eigenvalue weighted by atomic mass is 10.1. The molecule has 0 N–H and O–H groups in total. The van der Waals surface area contributed by atoms with Gasteiger partial charge in [-0.15, -0.1) is 10.2 Å². The fourth-order valence-corrected chi connectivity index (χ4v) is 4.51. The van der Waals surface area contributed by atoms with Gasteiger partial charge in [0.05, 0.1) is 11.5 Å². The van der Waals surface area contributed by atoms with E-state index in [0.29, 0.717) is 39.2 Å². The molecule has 0 saturated heterocycles. The standard InChI is InChI=1S/C23H17FN4O4S/c24-18-8-6-15(7-9-18)22-25-26-23(27(22)19-4-2-1-3-5-19)33-13-17-11-20(28(29)30)10-16-12-31-14-32-21(16)17/h1-11H,12-14H2. The second-order valence-corrected chi connectivity index (χ2v) is 8.18. The van der Waals surface area contributed by atoms with E-state index in [-0.39, 0.29) is 24.9 Å². The molecule has 0 spiro atoms. The van der Waals surface area contributed by atoms with Crippen LogP contribution in [0.25, 0.3) is 17.1 Å². The minimum atomic E-state index is -0.428. The Morgan fingerprint density at radius 2 is 1.88 bits per heavy atom. The second-order valence-electron chi connectivity index (χ2n) is 7.23. The van der Waals surface area contributed by atoms with Gasteiger partial charge in [-0.2, -0.15) is 0 Å². The molecule has 0 unspecified atom stereocenters. The van der Waals surface area contributed by atoms with Crippen LogP contribution in [0.1, 0.15) is 11.1 Å². The summed E-state index contributed by atoms with van der Waals surface area (Å²) in [7, 11) is 0. The highest BCUT2D eigenvalue weighted by Gasteiger charge is 2.22. The van der Waals surface area contributed by atoms with Gasteiger partial charge in [0.1, 0.15) is 11.6 Å². The molecule has 33 heavy (non-hydrogen) atoms. The number of benzene rings is 3. The molecule has 0 aliphatic carbocycles. The van der Waals surface area contributed by atoms with E-state index >= 15 is 0 Å². The first-order valence-corrected chi connectivity index (χ1v) is 11.0. The Morgan fingerprint density at radius 3 is 2.64 bits per heavy atom. The monoisotopic (exact) mass is 464 g/mol. The Kier molecular flexibility index (Phi) is 5.76. The smallest absolute Gasteiger partial charge is 0.270 e. The van der Waals surface area contributed by atoms with Crippen molar-refractivity contribution in [3.63, 3.8) is 0 Å². The van der Waals surface area contributed by atoms with Gasteiger partial charge in [-0.05, 0) is 36.4 Å². The zero-order chi connectivity index (χ0) is 22.8. The molecule has 0 fully saturated rings. The van der Waals surface area contributed by atoms with Crippen molar-refractivity contribution < 1.29 is 18.8 Å². The zero-order valence-corrected chi connectivity index (χ0v) is 18.0. The van der Waals surface area contributed by atoms with Gasteiger partial charge >= 0.3 is 0 Å². The van der Waals surface area contributed by atoms with E-state index in [1.165, 1.54) is 36.0 Å². The molecule has 1 aliphatic heterocycles. The van der Waals surface area contributed by atoms with Crippen molar-refractivity contribution in [1.82, 2.24) is 14.8 Å². The third kappa shape index (κ3) is 4.30. The summed E-state index contributed by atoms with van der Waals surface area (Å²) < 4.78 is 26.3. The lowest BCUT2D eigenvalue weighted by Gasteiger charge is -2.20. The summed E-state index contributed by atoms with van der Waals surface area (Å²) >= 11 is 1.38. The molecule has 166 valence electrons. The number of para-hydroxylation sites is 1. The molecule has 1 aliphatic rings. The van der Waals surface area contributed by atoms with Crippen molar-refractivity contribution in [1.29, 1.82) is 0 Å². The van der Waals surface area contributed by atoms with Gasteiger partial charge in [0.15, 0.2) is 17.8 Å². The Hall–Kier alpha value is -3.76. The fourth-order valence-electron chi connectivity index (χ4n) is 3.59. The summed E-state index contributed by atoms with van der Waals surface area (Å²) in [6.07, 6.45) is 0. The predicted molar refractivity (Wildman–Crippen MR) is 120 cm³/mol. The van der Waals surface area contributed by atoms with E-state index in [4.69, 9.17) is 9.47 Å². The lowest BCUT2D eigenvalue weighted by molar-refractivity contribution is -0.385. The maximum Gasteiger partial charge on any atom is 0.270 e. The van der Waals surface area contributed by atoms with Crippen molar-refractivity contribution in [2.75, 3.05) is 6.79 Å². The number of nitro benzene ring substituents is 1. The van der Waals surface area contributed by atoms with Crippen molar-refractivity contribution in [3.8, 4) is 22.8 Å². The molecule has 3 aromatic carbocycles. The number of rotatable bonds is 6. The number of ether oxygens (including phenoxy) is 2. The highest BCUT2D eigenvalue weighted by Crippen LogP contribution is 2.37. The number of nitro groups is 1. The SMILES string of the molecule is O=[N+]([O-])c1cc2c(c(CSc3nnc(-c4ccc(F)cc4)n3-c3ccccc3)c1)OCOC2. The molecular formula is C23H17FN4O4S. The van der Waals surface area contributed by atoms with Gasteiger partial charge < -0.3 is 9.47 Å². The van der Waals surface area contributed by atoms with E-state index < -0.39 is 4.92 Å². The number of aromatic nitrogens is 3. The highest BCUT2D eigenvalue weighted by atomic mass is 32.2. The van der Waals surface area contributed by atoms with Gasteiger partial charge in [0.2, 0.25) is 0 Å². The minimum Gasteiger partial charge on any atom is -0.467 e. The fraction of sp³-hybridized carbons (Fsp3) is 0.130. The first-order valence-electron chi connectivity index (χ1n) is 10.0. The number of hydrogen-bond acceptors (Lipinski definition) is 7. The number of hydrogen-bond donors (Lipinski definition) is 0. The van der Waals surface area contributed by atoms with Crippen LogP contribution in [-0.4, -0.2) is 26.5 Å². The summed E-state index contributed by atoms with van der Waals surface area (Å²) in [5, 5.41) is 20.7. The molecule has 0 atom stereocenters. The molecule has 0 amide bonds. The second kappa shape index (κ2) is 9.00. The third-order valence-electron chi connectivity index (χ3n) is 5.09. The number of halogens is 1. The molecule has 0 radical (unpaired) electrons. The van der Waals surface area contributed by atoms with Gasteiger partial charge in [0, 0.05) is 40.3 Å². The van der Waals surface area contributed by atoms with Crippen LogP contribution < -0.4 is 4.74 Å². The minimum absolute atomic E-state index is 0.0185. The summed E-state index contributed by atoms with van der Waals surface area (Å²) in [4.78, 5) is 11.0. The first kappa shape index (κ1) is 21.1. The molecule has 1 aromatic heterocycles. The lowest BCUT2D eigenvalue weighted by Crippen LogP contribution is -2.13. The molecule has 10 heteroatoms. The van der Waals surface area contributed by atoms with E-state index in [1.807, 2.05) is 34.9 Å². The Labute approximate surface area is 192 Å².